The normalized spacial score (nSPS) is 46.6. The second-order valence-corrected chi connectivity index (χ2v) is 16.4. The minimum Gasteiger partial charge on any atom is -0.0737 e. The van der Waals surface area contributed by atoms with E-state index < -0.39 is 0 Å². The molecule has 1 atom stereocenters. The van der Waals surface area contributed by atoms with Crippen LogP contribution >= 0.6 is 22.6 Å². The van der Waals surface area contributed by atoms with Gasteiger partial charge in [-0.05, 0) is 64.1 Å². The first-order valence-electron chi connectivity index (χ1n) is 11.7. The first-order chi connectivity index (χ1) is 12.3. The molecule has 0 N–H and O–H groups in total. The van der Waals surface area contributed by atoms with Crippen LogP contribution in [0.4, 0.5) is 0 Å². The third kappa shape index (κ3) is 2.10. The molecule has 1 unspecified atom stereocenters. The smallest absolute Gasteiger partial charge is 0.0466 e. The van der Waals surface area contributed by atoms with Gasteiger partial charge >= 0.3 is 0 Å². The van der Waals surface area contributed by atoms with Gasteiger partial charge in [0.15, 0.2) is 0 Å². The van der Waals surface area contributed by atoms with Gasteiger partial charge < -0.3 is 0 Å². The SMILES string of the molecule is C/C1=C(\C)C2(C)C(C)(C)C(C)(C)C(C)(C)C(C)(C1(C)I)C(C)(C)C(C)(C)C2(C)C. The molecule has 0 radical (unpaired) electrons. The fourth-order valence-corrected chi connectivity index (χ4v) is 10.6. The van der Waals surface area contributed by atoms with Crippen molar-refractivity contribution in [3.8, 4) is 0 Å². The third-order valence-electron chi connectivity index (χ3n) is 14.2. The third-order valence-corrected chi connectivity index (χ3v) is 16.1. The highest BCUT2D eigenvalue weighted by Crippen LogP contribution is 2.84. The molecule has 170 valence electrons. The molecule has 1 heteroatoms. The van der Waals surface area contributed by atoms with E-state index in [0.29, 0.717) is 0 Å². The first-order valence-corrected chi connectivity index (χ1v) is 12.8. The van der Waals surface area contributed by atoms with E-state index in [0.717, 1.165) is 0 Å². The van der Waals surface area contributed by atoms with Gasteiger partial charge in [-0.2, -0.15) is 0 Å². The molecular formula is C28H51I. The number of hydrogen-bond donors (Lipinski definition) is 0. The van der Waals surface area contributed by atoms with Crippen molar-refractivity contribution in [2.45, 2.75) is 121 Å². The van der Waals surface area contributed by atoms with E-state index in [4.69, 9.17) is 0 Å². The van der Waals surface area contributed by atoms with Gasteiger partial charge in [0, 0.05) is 3.42 Å². The van der Waals surface area contributed by atoms with E-state index >= 15 is 0 Å². The Balaban J connectivity index is 3.43. The molecule has 0 nitrogen and oxygen atoms in total. The number of allylic oxidation sites excluding steroid dienone is 2. The molecule has 1 fully saturated rings. The Morgan fingerprint density at radius 1 is 0.414 bits per heavy atom. The van der Waals surface area contributed by atoms with Crippen LogP contribution in [0, 0.1) is 43.3 Å². The summed E-state index contributed by atoms with van der Waals surface area (Å²) >= 11 is 2.85. The standard InChI is InChI=1S/C28H51I/c1-18-19(2)27(16,29)28(17)24(11,12)20(3,4)22(7,8)26(18,15)23(9,10)21(5,6)25(28,13)14/h1-17H3/b19-18-. The maximum atomic E-state index is 2.85. The van der Waals surface area contributed by atoms with Crippen molar-refractivity contribution in [3.05, 3.63) is 11.1 Å². The molecule has 0 aliphatic heterocycles. The van der Waals surface area contributed by atoms with Gasteiger partial charge in [0.25, 0.3) is 0 Å². The summed E-state index contributed by atoms with van der Waals surface area (Å²) in [7, 11) is 0. The minimum atomic E-state index is 0.0554. The van der Waals surface area contributed by atoms with E-state index in [1.54, 1.807) is 11.1 Å². The van der Waals surface area contributed by atoms with Gasteiger partial charge in [-0.3, -0.25) is 0 Å². The Morgan fingerprint density at radius 2 is 0.690 bits per heavy atom. The van der Waals surface area contributed by atoms with Gasteiger partial charge in [0.05, 0.1) is 0 Å². The Bertz CT molecular complexity index is 709. The van der Waals surface area contributed by atoms with Crippen LogP contribution < -0.4 is 0 Å². The van der Waals surface area contributed by atoms with Gasteiger partial charge in [0.1, 0.15) is 0 Å². The molecule has 0 aromatic heterocycles. The Labute approximate surface area is 197 Å². The van der Waals surface area contributed by atoms with Crippen molar-refractivity contribution in [1.82, 2.24) is 0 Å². The molecule has 0 aromatic rings. The molecule has 3 aliphatic rings. The summed E-state index contributed by atoms with van der Waals surface area (Å²) in [6.45, 7) is 43.7. The fourth-order valence-electron chi connectivity index (χ4n) is 8.84. The van der Waals surface area contributed by atoms with Crippen LogP contribution in [0.1, 0.15) is 118 Å². The quantitative estimate of drug-likeness (QED) is 0.171. The Kier molecular flexibility index (Phi) is 5.21. The van der Waals surface area contributed by atoms with Crippen LogP contribution in [-0.4, -0.2) is 3.42 Å². The monoisotopic (exact) mass is 514 g/mol. The van der Waals surface area contributed by atoms with E-state index in [-0.39, 0.29) is 46.7 Å². The summed E-state index contributed by atoms with van der Waals surface area (Å²) in [5, 5.41) is 0. The summed E-state index contributed by atoms with van der Waals surface area (Å²) in [6.07, 6.45) is 0. The zero-order chi connectivity index (χ0) is 23.7. The number of rotatable bonds is 0. The van der Waals surface area contributed by atoms with Crippen molar-refractivity contribution in [1.29, 1.82) is 0 Å². The first kappa shape index (κ1) is 25.7. The lowest BCUT2D eigenvalue weighted by Crippen LogP contribution is -2.76. The maximum absolute atomic E-state index is 2.85. The molecule has 0 aromatic carbocycles. The number of alkyl halides is 1. The molecule has 0 spiro atoms. The van der Waals surface area contributed by atoms with Gasteiger partial charge in [-0.25, -0.2) is 0 Å². The van der Waals surface area contributed by atoms with Crippen LogP contribution in [0.5, 0.6) is 0 Å². The second-order valence-electron chi connectivity index (χ2n) is 14.3. The molecule has 3 aliphatic carbocycles. The van der Waals surface area contributed by atoms with Crippen molar-refractivity contribution in [2.75, 3.05) is 0 Å². The van der Waals surface area contributed by atoms with Gasteiger partial charge in [-0.1, -0.05) is 131 Å². The average Bonchev–Trinajstić information content (AvgIpc) is 2.55. The Hall–Kier alpha value is 0.470. The van der Waals surface area contributed by atoms with Crippen LogP contribution in [0.3, 0.4) is 0 Å². The number of halogens is 1. The van der Waals surface area contributed by atoms with E-state index in [1.807, 2.05) is 0 Å². The van der Waals surface area contributed by atoms with Crippen molar-refractivity contribution < 1.29 is 0 Å². The van der Waals surface area contributed by atoms with Gasteiger partial charge in [0.2, 0.25) is 0 Å². The zero-order valence-corrected chi connectivity index (χ0v) is 25.0. The summed E-state index contributed by atoms with van der Waals surface area (Å²) in [6, 6.07) is 0. The largest absolute Gasteiger partial charge is 0.0737 e. The summed E-state index contributed by atoms with van der Waals surface area (Å²) in [4.78, 5) is 0. The van der Waals surface area contributed by atoms with Gasteiger partial charge in [-0.15, -0.1) is 0 Å². The average molecular weight is 515 g/mol. The molecule has 3 rings (SSSR count). The highest BCUT2D eigenvalue weighted by atomic mass is 127. The molecule has 0 amide bonds. The predicted octanol–water partition coefficient (Wildman–Crippen LogP) is 9.71. The molecule has 0 heterocycles. The molecule has 0 saturated heterocycles. The van der Waals surface area contributed by atoms with E-state index in [2.05, 4.69) is 140 Å². The second kappa shape index (κ2) is 5.88. The summed E-state index contributed by atoms with van der Waals surface area (Å²) in [5.41, 5.74) is 4.06. The van der Waals surface area contributed by atoms with E-state index in [9.17, 15) is 0 Å². The Morgan fingerprint density at radius 3 is 0.966 bits per heavy atom. The van der Waals surface area contributed by atoms with Crippen LogP contribution in [0.25, 0.3) is 0 Å². The highest BCUT2D eigenvalue weighted by molar-refractivity contribution is 14.1. The fraction of sp³-hybridized carbons (Fsp3) is 0.929. The highest BCUT2D eigenvalue weighted by Gasteiger charge is 2.79. The lowest BCUT2D eigenvalue weighted by Gasteiger charge is -2.81. The van der Waals surface area contributed by atoms with Crippen LogP contribution in [0.15, 0.2) is 11.1 Å². The zero-order valence-electron chi connectivity index (χ0n) is 22.9. The van der Waals surface area contributed by atoms with Crippen molar-refractivity contribution in [3.63, 3.8) is 0 Å². The molecule has 29 heavy (non-hydrogen) atoms. The summed E-state index contributed by atoms with van der Waals surface area (Å²) < 4.78 is 0.0602. The van der Waals surface area contributed by atoms with Crippen LogP contribution in [-0.2, 0) is 0 Å². The summed E-state index contributed by atoms with van der Waals surface area (Å²) in [5.74, 6) is 0. The lowest BCUT2D eigenvalue weighted by atomic mass is 9.24. The molecule has 2 bridgehead atoms. The van der Waals surface area contributed by atoms with Crippen molar-refractivity contribution >= 4 is 22.6 Å². The molecule has 1 saturated carbocycles. The lowest BCUT2D eigenvalue weighted by molar-refractivity contribution is -0.292. The topological polar surface area (TPSA) is 0 Å². The van der Waals surface area contributed by atoms with Crippen molar-refractivity contribution in [2.24, 2.45) is 43.3 Å². The minimum absolute atomic E-state index is 0.0554. The van der Waals surface area contributed by atoms with Crippen LogP contribution in [0.2, 0.25) is 0 Å². The maximum Gasteiger partial charge on any atom is 0.0466 e. The number of hydrogen-bond acceptors (Lipinski definition) is 0. The predicted molar refractivity (Wildman–Crippen MR) is 140 cm³/mol. The van der Waals surface area contributed by atoms with E-state index in [1.165, 1.54) is 0 Å². The number of fused-ring (bicyclic) bond motifs is 5. The molecular weight excluding hydrogens is 463 g/mol.